The van der Waals surface area contributed by atoms with E-state index < -0.39 is 23.2 Å². The predicted octanol–water partition coefficient (Wildman–Crippen LogP) is 6.29. The molecule has 0 unspecified atom stereocenters. The minimum Gasteiger partial charge on any atom is -0.472 e. The van der Waals surface area contributed by atoms with Crippen LogP contribution in [0.15, 0.2) is 58.5 Å². The fraction of sp³-hybridized carbons (Fsp3) is 0.367. The van der Waals surface area contributed by atoms with Crippen molar-refractivity contribution < 1.29 is 22.7 Å². The molecule has 1 aliphatic rings. The van der Waals surface area contributed by atoms with Crippen LogP contribution in [0.3, 0.4) is 0 Å². The molecular weight excluding hydrogens is 587 g/mol. The summed E-state index contributed by atoms with van der Waals surface area (Å²) < 4.78 is 47.0. The summed E-state index contributed by atoms with van der Waals surface area (Å²) >= 11 is 7.12. The summed E-state index contributed by atoms with van der Waals surface area (Å²) in [6.07, 6.45) is 6.18. The van der Waals surface area contributed by atoms with Gasteiger partial charge in [0.1, 0.15) is 6.61 Å². The van der Waals surface area contributed by atoms with Gasteiger partial charge in [0.05, 0.1) is 22.2 Å². The lowest BCUT2D eigenvalue weighted by atomic mass is 10.1. The largest absolute Gasteiger partial charge is 0.472 e. The van der Waals surface area contributed by atoms with Crippen molar-refractivity contribution in [3.8, 4) is 18.2 Å². The number of carbonyl (C=O) groups is 1. The summed E-state index contributed by atoms with van der Waals surface area (Å²) in [6.45, 7) is 4.34. The number of hydrogen-bond acceptors (Lipinski definition) is 7. The SMILES string of the molecule is C#CCCCCCN1CCN(c2ncc(Sc3ccc(C(N)=O)c(C(F)(F)F)c3)c(OCc3cccc(Cl)c3)n2)CC1. The molecule has 1 aromatic heterocycles. The first-order valence-corrected chi connectivity index (χ1v) is 14.7. The van der Waals surface area contributed by atoms with E-state index >= 15 is 0 Å². The number of aromatic nitrogens is 2. The number of benzene rings is 2. The lowest BCUT2D eigenvalue weighted by Crippen LogP contribution is -2.47. The number of halogens is 4. The number of rotatable bonds is 12. The molecule has 42 heavy (non-hydrogen) atoms. The molecule has 0 radical (unpaired) electrons. The van der Waals surface area contributed by atoms with Crippen LogP contribution in [0.25, 0.3) is 0 Å². The van der Waals surface area contributed by atoms with E-state index in [1.165, 1.54) is 6.07 Å². The van der Waals surface area contributed by atoms with E-state index in [-0.39, 0.29) is 17.4 Å². The number of hydrogen-bond donors (Lipinski definition) is 1. The Balaban J connectivity index is 1.52. The van der Waals surface area contributed by atoms with E-state index in [4.69, 9.17) is 28.5 Å². The maximum atomic E-state index is 13.7. The first kappa shape index (κ1) is 31.5. The number of terminal acetylenes is 1. The van der Waals surface area contributed by atoms with Gasteiger partial charge >= 0.3 is 6.18 Å². The molecule has 1 saturated heterocycles. The second-order valence-corrected chi connectivity index (χ2v) is 11.3. The van der Waals surface area contributed by atoms with Crippen molar-refractivity contribution in [2.24, 2.45) is 5.73 Å². The van der Waals surface area contributed by atoms with E-state index in [2.05, 4.69) is 25.7 Å². The topological polar surface area (TPSA) is 84.6 Å². The number of nitrogens with zero attached hydrogens (tertiary/aromatic N) is 4. The van der Waals surface area contributed by atoms with Gasteiger partial charge < -0.3 is 15.4 Å². The van der Waals surface area contributed by atoms with E-state index in [1.807, 2.05) is 6.07 Å². The van der Waals surface area contributed by atoms with Crippen molar-refractivity contribution in [3.05, 3.63) is 70.4 Å². The van der Waals surface area contributed by atoms with Crippen LogP contribution < -0.4 is 15.4 Å². The van der Waals surface area contributed by atoms with E-state index in [1.54, 1.807) is 24.4 Å². The van der Waals surface area contributed by atoms with E-state index in [9.17, 15) is 18.0 Å². The minimum absolute atomic E-state index is 0.145. The van der Waals surface area contributed by atoms with Crippen molar-refractivity contribution in [1.82, 2.24) is 14.9 Å². The molecule has 12 heteroatoms. The predicted molar refractivity (Wildman–Crippen MR) is 158 cm³/mol. The molecule has 7 nitrogen and oxygen atoms in total. The highest BCUT2D eigenvalue weighted by Gasteiger charge is 2.35. The fourth-order valence-corrected chi connectivity index (χ4v) is 5.60. The van der Waals surface area contributed by atoms with Crippen molar-refractivity contribution in [2.75, 3.05) is 37.6 Å². The molecule has 1 fully saturated rings. The number of ether oxygens (including phenoxy) is 1. The Morgan fingerprint density at radius 1 is 1.12 bits per heavy atom. The van der Waals surface area contributed by atoms with Crippen LogP contribution in [-0.2, 0) is 12.8 Å². The van der Waals surface area contributed by atoms with Crippen LogP contribution in [-0.4, -0.2) is 53.5 Å². The molecule has 0 bridgehead atoms. The van der Waals surface area contributed by atoms with Gasteiger partial charge in [-0.25, -0.2) is 4.98 Å². The maximum Gasteiger partial charge on any atom is 0.417 e. The van der Waals surface area contributed by atoms with Gasteiger partial charge in [-0.1, -0.05) is 41.9 Å². The number of anilines is 1. The summed E-state index contributed by atoms with van der Waals surface area (Å²) in [5.74, 6) is 2.23. The van der Waals surface area contributed by atoms with Gasteiger partial charge in [-0.05, 0) is 55.3 Å². The average Bonchev–Trinajstić information content (AvgIpc) is 2.96. The maximum absolute atomic E-state index is 13.7. The number of carbonyl (C=O) groups excluding carboxylic acids is 1. The molecule has 0 spiro atoms. The molecule has 0 saturated carbocycles. The van der Waals surface area contributed by atoms with Gasteiger partial charge in [-0.2, -0.15) is 18.2 Å². The molecule has 4 rings (SSSR count). The fourth-order valence-electron chi connectivity index (χ4n) is 4.52. The number of alkyl halides is 3. The second kappa shape index (κ2) is 14.6. The monoisotopic (exact) mass is 617 g/mol. The van der Waals surface area contributed by atoms with Gasteiger partial charge in [0, 0.05) is 42.5 Å². The Labute approximate surface area is 252 Å². The van der Waals surface area contributed by atoms with Crippen molar-refractivity contribution in [3.63, 3.8) is 0 Å². The molecule has 1 aliphatic heterocycles. The summed E-state index contributed by atoms with van der Waals surface area (Å²) in [5.41, 5.74) is 4.28. The number of primary amides is 1. The summed E-state index contributed by atoms with van der Waals surface area (Å²) in [7, 11) is 0. The van der Waals surface area contributed by atoms with E-state index in [0.29, 0.717) is 15.9 Å². The molecule has 222 valence electrons. The van der Waals surface area contributed by atoms with Crippen LogP contribution in [0.2, 0.25) is 5.02 Å². The highest BCUT2D eigenvalue weighted by atomic mass is 35.5. The van der Waals surface area contributed by atoms with Crippen LogP contribution in [0, 0.1) is 12.3 Å². The smallest absolute Gasteiger partial charge is 0.417 e. The Bertz CT molecular complexity index is 1420. The van der Waals surface area contributed by atoms with Crippen molar-refractivity contribution >= 4 is 35.2 Å². The third-order valence-corrected chi connectivity index (χ3v) is 7.94. The Hall–Kier alpha value is -3.46. The number of nitrogens with two attached hydrogens (primary N) is 1. The highest BCUT2D eigenvalue weighted by molar-refractivity contribution is 7.99. The highest BCUT2D eigenvalue weighted by Crippen LogP contribution is 2.39. The molecule has 1 amide bonds. The van der Waals surface area contributed by atoms with Crippen molar-refractivity contribution in [2.45, 2.75) is 48.3 Å². The third-order valence-electron chi connectivity index (χ3n) is 6.71. The van der Waals surface area contributed by atoms with Gasteiger partial charge in [0.2, 0.25) is 17.7 Å². The molecular formula is C30H31ClF3N5O2S. The zero-order chi connectivity index (χ0) is 30.1. The molecule has 2 aromatic carbocycles. The quantitative estimate of drug-likeness (QED) is 0.189. The van der Waals surface area contributed by atoms with Crippen LogP contribution in [0.1, 0.15) is 47.2 Å². The number of piperazine rings is 1. The molecule has 3 aromatic rings. The lowest BCUT2D eigenvalue weighted by Gasteiger charge is -2.34. The molecule has 0 atom stereocenters. The zero-order valence-corrected chi connectivity index (χ0v) is 24.4. The average molecular weight is 618 g/mol. The summed E-state index contributed by atoms with van der Waals surface area (Å²) in [4.78, 5) is 25.9. The molecule has 2 heterocycles. The Kier molecular flexibility index (Phi) is 11.0. The third kappa shape index (κ3) is 8.77. The summed E-state index contributed by atoms with van der Waals surface area (Å²) in [6, 6.07) is 10.5. The van der Waals surface area contributed by atoms with Crippen LogP contribution >= 0.6 is 23.4 Å². The zero-order valence-electron chi connectivity index (χ0n) is 22.9. The van der Waals surface area contributed by atoms with Gasteiger partial charge in [0.15, 0.2) is 0 Å². The Morgan fingerprint density at radius 3 is 2.60 bits per heavy atom. The van der Waals surface area contributed by atoms with Gasteiger partial charge in [0.25, 0.3) is 0 Å². The molecule has 2 N–H and O–H groups in total. The number of unbranched alkanes of at least 4 members (excludes halogenated alkanes) is 3. The Morgan fingerprint density at radius 2 is 1.90 bits per heavy atom. The first-order valence-electron chi connectivity index (χ1n) is 13.5. The standard InChI is InChI=1S/C30H31ClF3N5O2S/c1-2-3-4-5-6-12-38-13-15-39(16-14-38)29-36-19-26(28(37-29)41-20-21-8-7-9-22(31)17-21)42-23-10-11-24(27(35)40)25(18-23)30(32,33)34/h1,7-11,17-19H,3-6,12-16,20H2,(H2,35,40). The van der Waals surface area contributed by atoms with Gasteiger partial charge in [-0.15, -0.1) is 12.3 Å². The van der Waals surface area contributed by atoms with Gasteiger partial charge in [-0.3, -0.25) is 9.69 Å². The minimum atomic E-state index is -4.75. The summed E-state index contributed by atoms with van der Waals surface area (Å²) in [5, 5.41) is 0.553. The first-order chi connectivity index (χ1) is 20.1. The lowest BCUT2D eigenvalue weighted by molar-refractivity contribution is -0.138. The second-order valence-electron chi connectivity index (χ2n) is 9.77. The van der Waals surface area contributed by atoms with E-state index in [0.717, 1.165) is 87.9 Å². The normalized spacial score (nSPS) is 14.0. The number of amides is 1. The van der Waals surface area contributed by atoms with Crippen LogP contribution in [0.4, 0.5) is 19.1 Å². The molecule has 0 aliphatic carbocycles. The van der Waals surface area contributed by atoms with Crippen LogP contribution in [0.5, 0.6) is 5.88 Å². The van der Waals surface area contributed by atoms with Crippen molar-refractivity contribution in [1.29, 1.82) is 0 Å².